The lowest BCUT2D eigenvalue weighted by atomic mass is 10.1. The molecule has 0 saturated carbocycles. The third-order valence-electron chi connectivity index (χ3n) is 3.57. The molecule has 0 spiro atoms. The number of ether oxygens (including phenoxy) is 2. The first-order valence-corrected chi connectivity index (χ1v) is 8.82. The van der Waals surface area contributed by atoms with E-state index in [2.05, 4.69) is 10.2 Å². The Hall–Kier alpha value is -3.44. The van der Waals surface area contributed by atoms with Gasteiger partial charge in [0.15, 0.2) is 6.10 Å². The molecule has 0 aliphatic heterocycles. The highest BCUT2D eigenvalue weighted by Crippen LogP contribution is 2.26. The monoisotopic (exact) mass is 381 g/mol. The zero-order valence-electron chi connectivity index (χ0n) is 14.6. The van der Waals surface area contributed by atoms with Crippen molar-refractivity contribution < 1.29 is 18.7 Å². The van der Waals surface area contributed by atoms with Gasteiger partial charge in [0.2, 0.25) is 0 Å². The highest BCUT2D eigenvalue weighted by Gasteiger charge is 2.21. The van der Waals surface area contributed by atoms with Crippen LogP contribution in [-0.2, 0) is 9.53 Å². The molecule has 0 bridgehead atoms. The maximum atomic E-state index is 12.3. The molecule has 1 atom stereocenters. The molecule has 1 aromatic carbocycles. The third-order valence-corrected chi connectivity index (χ3v) is 4.43. The van der Waals surface area contributed by atoms with E-state index in [9.17, 15) is 10.1 Å². The highest BCUT2D eigenvalue weighted by molar-refractivity contribution is 7.13. The summed E-state index contributed by atoms with van der Waals surface area (Å²) >= 11 is 1.46. The van der Waals surface area contributed by atoms with Crippen molar-refractivity contribution in [3.8, 4) is 22.6 Å². The molecule has 0 aliphatic rings. The number of rotatable bonds is 6. The number of carbonyl (C=O) groups is 1. The summed E-state index contributed by atoms with van der Waals surface area (Å²) in [6.45, 7) is 1.60. The lowest BCUT2D eigenvalue weighted by molar-refractivity contribution is -0.144. The van der Waals surface area contributed by atoms with Gasteiger partial charge in [0.25, 0.3) is 11.8 Å². The van der Waals surface area contributed by atoms with E-state index in [1.807, 2.05) is 23.6 Å². The molecule has 8 heteroatoms. The number of nitrogens with zero attached hydrogens (tertiary/aromatic N) is 3. The number of methoxy groups -OCH3 is 1. The lowest BCUT2D eigenvalue weighted by Crippen LogP contribution is -2.11. The van der Waals surface area contributed by atoms with Crippen molar-refractivity contribution in [1.29, 1.82) is 5.26 Å². The summed E-state index contributed by atoms with van der Waals surface area (Å²) in [5.41, 5.74) is 0.541. The topological polar surface area (TPSA) is 98.2 Å². The van der Waals surface area contributed by atoms with E-state index < -0.39 is 12.1 Å². The Labute approximate surface area is 159 Å². The summed E-state index contributed by atoms with van der Waals surface area (Å²) in [5, 5.41) is 19.0. The van der Waals surface area contributed by atoms with Crippen LogP contribution in [0.1, 0.15) is 24.5 Å². The first-order valence-electron chi connectivity index (χ1n) is 7.95. The lowest BCUT2D eigenvalue weighted by Gasteiger charge is -2.08. The maximum Gasteiger partial charge on any atom is 0.349 e. The highest BCUT2D eigenvalue weighted by atomic mass is 32.1. The fraction of sp³-hybridized carbons (Fsp3) is 0.158. The number of carbonyl (C=O) groups excluding carboxylic acids is 1. The van der Waals surface area contributed by atoms with Gasteiger partial charge in [-0.1, -0.05) is 18.2 Å². The Kier molecular flexibility index (Phi) is 5.64. The van der Waals surface area contributed by atoms with Crippen LogP contribution in [-0.4, -0.2) is 23.3 Å². The predicted octanol–water partition coefficient (Wildman–Crippen LogP) is 4.02. The summed E-state index contributed by atoms with van der Waals surface area (Å²) in [7, 11) is 1.56. The normalized spacial score (nSPS) is 12.3. The molecule has 0 aliphatic carbocycles. The number of benzene rings is 1. The summed E-state index contributed by atoms with van der Waals surface area (Å²) in [5.74, 6) is 0.433. The SMILES string of the molecule is COc1ccc(/C=C(\C#N)C(=O)O[C@H](C)c2nnc(-c3cccs3)o2)cc1. The van der Waals surface area contributed by atoms with E-state index in [4.69, 9.17) is 13.9 Å². The molecule has 0 radical (unpaired) electrons. The quantitative estimate of drug-likeness (QED) is 0.361. The number of hydrogen-bond acceptors (Lipinski definition) is 8. The summed E-state index contributed by atoms with van der Waals surface area (Å²) in [4.78, 5) is 13.1. The van der Waals surface area contributed by atoms with Gasteiger partial charge >= 0.3 is 5.97 Å². The number of aromatic nitrogens is 2. The molecular weight excluding hydrogens is 366 g/mol. The fourth-order valence-corrected chi connectivity index (χ4v) is 2.82. The average Bonchev–Trinajstić information content (AvgIpc) is 3.37. The number of esters is 1. The Balaban J connectivity index is 1.70. The predicted molar refractivity (Wildman–Crippen MR) is 98.7 cm³/mol. The van der Waals surface area contributed by atoms with E-state index in [-0.39, 0.29) is 11.5 Å². The number of thiophene rings is 1. The molecule has 3 aromatic rings. The molecular formula is C19H15N3O4S. The van der Waals surface area contributed by atoms with Crippen molar-refractivity contribution in [3.05, 3.63) is 58.8 Å². The van der Waals surface area contributed by atoms with Crippen LogP contribution < -0.4 is 4.74 Å². The first-order chi connectivity index (χ1) is 13.1. The van der Waals surface area contributed by atoms with Crippen LogP contribution in [0.25, 0.3) is 16.8 Å². The van der Waals surface area contributed by atoms with Crippen LogP contribution in [0.2, 0.25) is 0 Å². The molecule has 2 heterocycles. The molecule has 136 valence electrons. The second-order valence-corrected chi connectivity index (χ2v) is 6.36. The van der Waals surface area contributed by atoms with E-state index in [0.717, 1.165) is 4.88 Å². The Morgan fingerprint density at radius 2 is 2.07 bits per heavy atom. The van der Waals surface area contributed by atoms with E-state index in [1.54, 1.807) is 38.3 Å². The van der Waals surface area contributed by atoms with Crippen molar-refractivity contribution in [2.45, 2.75) is 13.0 Å². The standard InChI is InChI=1S/C19H15N3O4S/c1-12(17-21-22-18(26-17)16-4-3-9-27-16)25-19(23)14(11-20)10-13-5-7-15(24-2)8-6-13/h3-10,12H,1-2H3/b14-10+/t12-/m1/s1. The Morgan fingerprint density at radius 3 is 2.70 bits per heavy atom. The van der Waals surface area contributed by atoms with Crippen LogP contribution >= 0.6 is 11.3 Å². The van der Waals surface area contributed by atoms with Gasteiger partial charge < -0.3 is 13.9 Å². The number of nitriles is 1. The van der Waals surface area contributed by atoms with Crippen LogP contribution in [0.15, 0.2) is 51.8 Å². The number of hydrogen-bond donors (Lipinski definition) is 0. The van der Waals surface area contributed by atoms with E-state index in [0.29, 0.717) is 17.2 Å². The molecule has 0 N–H and O–H groups in total. The van der Waals surface area contributed by atoms with Gasteiger partial charge in [-0.25, -0.2) is 4.79 Å². The molecule has 0 amide bonds. The van der Waals surface area contributed by atoms with Gasteiger partial charge in [0, 0.05) is 0 Å². The van der Waals surface area contributed by atoms with Crippen LogP contribution in [0.5, 0.6) is 5.75 Å². The Bertz CT molecular complexity index is 985. The van der Waals surface area contributed by atoms with Gasteiger partial charge in [-0.2, -0.15) is 5.26 Å². The second-order valence-electron chi connectivity index (χ2n) is 5.41. The molecule has 0 saturated heterocycles. The molecule has 2 aromatic heterocycles. The van der Waals surface area contributed by atoms with E-state index >= 15 is 0 Å². The minimum absolute atomic E-state index is 0.134. The van der Waals surface area contributed by atoms with Crippen LogP contribution in [0.3, 0.4) is 0 Å². The van der Waals surface area contributed by atoms with Crippen molar-refractivity contribution >= 4 is 23.4 Å². The zero-order chi connectivity index (χ0) is 19.2. The van der Waals surface area contributed by atoms with Gasteiger partial charge in [-0.15, -0.1) is 21.5 Å². The molecule has 7 nitrogen and oxygen atoms in total. The van der Waals surface area contributed by atoms with Crippen molar-refractivity contribution in [2.75, 3.05) is 7.11 Å². The van der Waals surface area contributed by atoms with E-state index in [1.165, 1.54) is 17.4 Å². The van der Waals surface area contributed by atoms with Crippen LogP contribution in [0.4, 0.5) is 0 Å². The summed E-state index contributed by atoms with van der Waals surface area (Å²) in [6, 6.07) is 12.5. The molecule has 0 unspecified atom stereocenters. The minimum atomic E-state index is -0.786. The van der Waals surface area contributed by atoms with Gasteiger partial charge in [-0.3, -0.25) is 0 Å². The van der Waals surface area contributed by atoms with Crippen molar-refractivity contribution in [3.63, 3.8) is 0 Å². The summed E-state index contributed by atoms with van der Waals surface area (Å²) < 4.78 is 15.9. The van der Waals surface area contributed by atoms with Crippen molar-refractivity contribution in [2.24, 2.45) is 0 Å². The molecule has 3 rings (SSSR count). The Morgan fingerprint density at radius 1 is 1.30 bits per heavy atom. The van der Waals surface area contributed by atoms with Crippen LogP contribution in [0, 0.1) is 11.3 Å². The van der Waals surface area contributed by atoms with Crippen molar-refractivity contribution in [1.82, 2.24) is 10.2 Å². The average molecular weight is 381 g/mol. The second kappa shape index (κ2) is 8.29. The van der Waals surface area contributed by atoms with Gasteiger partial charge in [-0.05, 0) is 42.1 Å². The molecule has 0 fully saturated rings. The first kappa shape index (κ1) is 18.4. The third kappa shape index (κ3) is 4.40. The van der Waals surface area contributed by atoms with Gasteiger partial charge in [0.1, 0.15) is 17.4 Å². The largest absolute Gasteiger partial charge is 0.497 e. The smallest absolute Gasteiger partial charge is 0.349 e. The zero-order valence-corrected chi connectivity index (χ0v) is 15.4. The molecule has 27 heavy (non-hydrogen) atoms. The maximum absolute atomic E-state index is 12.3. The van der Waals surface area contributed by atoms with Gasteiger partial charge in [0.05, 0.1) is 12.0 Å². The summed E-state index contributed by atoms with van der Waals surface area (Å²) in [6.07, 6.45) is 0.658. The fourth-order valence-electron chi connectivity index (χ4n) is 2.18. The minimum Gasteiger partial charge on any atom is -0.497 e.